The largest absolute Gasteiger partial charge is 0.356 e. The third kappa shape index (κ3) is 10.3. The Morgan fingerprint density at radius 2 is 2.17 bits per heavy atom. The van der Waals surface area contributed by atoms with E-state index in [9.17, 15) is 4.79 Å². The van der Waals surface area contributed by atoms with E-state index in [2.05, 4.69) is 20.6 Å². The summed E-state index contributed by atoms with van der Waals surface area (Å²) in [4.78, 5) is 22.2. The molecule has 0 saturated heterocycles. The number of nitrogens with one attached hydrogen (secondary N) is 2. The molecule has 0 bridgehead atoms. The molecule has 2 N–H and O–H groups in total. The summed E-state index contributed by atoms with van der Waals surface area (Å²) in [5, 5.41) is 8.22. The van der Waals surface area contributed by atoms with E-state index in [1.807, 2.05) is 44.3 Å². The molecule has 138 valence electrons. The molecule has 1 aromatic rings. The van der Waals surface area contributed by atoms with Crippen molar-refractivity contribution in [1.82, 2.24) is 20.5 Å². The number of aliphatic imine (C=N–C) groups is 1. The molecule has 6 nitrogen and oxygen atoms in total. The van der Waals surface area contributed by atoms with Gasteiger partial charge in [-0.2, -0.15) is 0 Å². The molecule has 1 rings (SSSR count). The van der Waals surface area contributed by atoms with Crippen LogP contribution in [0.3, 0.4) is 0 Å². The Labute approximate surface area is 170 Å². The maximum atomic E-state index is 12.0. The first-order valence-corrected chi connectivity index (χ1v) is 9.43. The molecule has 0 spiro atoms. The fourth-order valence-corrected chi connectivity index (χ4v) is 3.49. The second-order valence-corrected chi connectivity index (χ2v) is 8.36. The molecule has 1 heterocycles. The Morgan fingerprint density at radius 1 is 1.46 bits per heavy atom. The highest BCUT2D eigenvalue weighted by atomic mass is 127. The molecule has 0 atom stereocenters. The van der Waals surface area contributed by atoms with Crippen molar-refractivity contribution in [3.8, 4) is 0 Å². The van der Waals surface area contributed by atoms with E-state index in [1.165, 1.54) is 0 Å². The molecule has 0 aliphatic rings. The average molecular weight is 485 g/mol. The van der Waals surface area contributed by atoms with Gasteiger partial charge in [-0.05, 0) is 27.2 Å². The quantitative estimate of drug-likeness (QED) is 0.204. The number of thioether (sulfide) groups is 1. The molecule has 0 radical (unpaired) electrons. The predicted molar refractivity (Wildman–Crippen MR) is 115 cm³/mol. The second kappa shape index (κ2) is 11.9. The van der Waals surface area contributed by atoms with E-state index in [0.717, 1.165) is 29.0 Å². The molecular weight excluding hydrogens is 457 g/mol. The van der Waals surface area contributed by atoms with Crippen LogP contribution in [-0.2, 0) is 4.79 Å². The van der Waals surface area contributed by atoms with Crippen LogP contribution in [0.4, 0.5) is 0 Å². The van der Waals surface area contributed by atoms with Crippen molar-refractivity contribution in [2.45, 2.75) is 37.1 Å². The monoisotopic (exact) mass is 485 g/mol. The zero-order chi connectivity index (χ0) is 17.3. The van der Waals surface area contributed by atoms with Crippen molar-refractivity contribution in [3.05, 3.63) is 11.6 Å². The highest BCUT2D eigenvalue weighted by Crippen LogP contribution is 2.20. The lowest BCUT2D eigenvalue weighted by Gasteiger charge is -2.25. The van der Waals surface area contributed by atoms with Gasteiger partial charge in [0.1, 0.15) is 4.34 Å². The van der Waals surface area contributed by atoms with Gasteiger partial charge in [0.05, 0.1) is 6.54 Å². The van der Waals surface area contributed by atoms with Gasteiger partial charge in [-0.15, -0.1) is 35.3 Å². The maximum absolute atomic E-state index is 12.0. The summed E-state index contributed by atoms with van der Waals surface area (Å²) in [5.41, 5.74) is -0.220. The number of hydrogen-bond acceptors (Lipinski definition) is 5. The Kier molecular flexibility index (Phi) is 11.6. The average Bonchev–Trinajstić information content (AvgIpc) is 2.93. The highest BCUT2D eigenvalue weighted by Gasteiger charge is 2.16. The molecule has 9 heteroatoms. The first-order valence-electron chi connectivity index (χ1n) is 7.57. The van der Waals surface area contributed by atoms with Crippen LogP contribution in [0.2, 0.25) is 0 Å². The van der Waals surface area contributed by atoms with Crippen LogP contribution < -0.4 is 10.6 Å². The van der Waals surface area contributed by atoms with E-state index in [4.69, 9.17) is 0 Å². The SMILES string of the molecule is CN=C(NCCCSc1nccs1)N(C)CC(=O)NC(C)(C)C.I. The van der Waals surface area contributed by atoms with Crippen LogP contribution in [0, 0.1) is 0 Å². The van der Waals surface area contributed by atoms with E-state index >= 15 is 0 Å². The predicted octanol–water partition coefficient (Wildman–Crippen LogP) is 2.67. The van der Waals surface area contributed by atoms with Gasteiger partial charge in [0, 0.05) is 43.5 Å². The number of amides is 1. The van der Waals surface area contributed by atoms with Gasteiger partial charge in [0.2, 0.25) is 5.91 Å². The summed E-state index contributed by atoms with van der Waals surface area (Å²) in [5.74, 6) is 1.72. The van der Waals surface area contributed by atoms with Gasteiger partial charge in [-0.3, -0.25) is 9.79 Å². The Balaban J connectivity index is 0.00000529. The molecule has 24 heavy (non-hydrogen) atoms. The zero-order valence-electron chi connectivity index (χ0n) is 15.0. The molecule has 0 saturated carbocycles. The second-order valence-electron chi connectivity index (χ2n) is 6.13. The number of nitrogens with zero attached hydrogens (tertiary/aromatic N) is 3. The molecule has 0 aromatic carbocycles. The first kappa shape index (κ1) is 23.4. The van der Waals surface area contributed by atoms with Crippen LogP contribution >= 0.6 is 47.1 Å². The third-order valence-corrected chi connectivity index (χ3v) is 4.76. The van der Waals surface area contributed by atoms with Crippen LogP contribution in [0.15, 0.2) is 20.9 Å². The van der Waals surface area contributed by atoms with Gasteiger partial charge in [-0.25, -0.2) is 4.98 Å². The standard InChI is InChI=1S/C15H27N5OS2.HI/c1-15(2,3)19-12(21)11-20(5)13(16-4)17-7-6-9-22-14-18-8-10-23-14;/h8,10H,6-7,9,11H2,1-5H3,(H,16,17)(H,19,21);1H. The van der Waals surface area contributed by atoms with Gasteiger partial charge >= 0.3 is 0 Å². The Morgan fingerprint density at radius 3 is 2.71 bits per heavy atom. The lowest BCUT2D eigenvalue weighted by atomic mass is 10.1. The molecule has 0 aliphatic carbocycles. The van der Waals surface area contributed by atoms with Crippen LogP contribution in [0.5, 0.6) is 0 Å². The number of halogens is 1. The molecule has 0 aliphatic heterocycles. The van der Waals surface area contributed by atoms with E-state index in [1.54, 1.807) is 30.1 Å². The van der Waals surface area contributed by atoms with Crippen molar-refractivity contribution in [1.29, 1.82) is 0 Å². The summed E-state index contributed by atoms with van der Waals surface area (Å²) < 4.78 is 1.10. The normalized spacial score (nSPS) is 11.6. The number of thiazole rings is 1. The van der Waals surface area contributed by atoms with Gasteiger partial charge in [-0.1, -0.05) is 11.8 Å². The Bertz CT molecular complexity index is 502. The maximum Gasteiger partial charge on any atom is 0.240 e. The minimum absolute atomic E-state index is 0. The number of guanidine groups is 1. The molecule has 1 aromatic heterocycles. The third-order valence-electron chi connectivity index (χ3n) is 2.71. The fourth-order valence-electron chi connectivity index (χ4n) is 1.85. The molecule has 0 fully saturated rings. The fraction of sp³-hybridized carbons (Fsp3) is 0.667. The van der Waals surface area contributed by atoms with E-state index in [0.29, 0.717) is 0 Å². The molecule has 0 unspecified atom stereocenters. The lowest BCUT2D eigenvalue weighted by molar-refractivity contribution is -0.122. The van der Waals surface area contributed by atoms with Gasteiger partial charge in [0.15, 0.2) is 5.96 Å². The number of rotatable bonds is 7. The van der Waals surface area contributed by atoms with Crippen LogP contribution in [0.25, 0.3) is 0 Å². The number of hydrogen-bond donors (Lipinski definition) is 2. The molecular formula is C15H28IN5OS2. The topological polar surface area (TPSA) is 69.6 Å². The minimum Gasteiger partial charge on any atom is -0.356 e. The van der Waals surface area contributed by atoms with Crippen LogP contribution in [-0.4, -0.2) is 60.2 Å². The summed E-state index contributed by atoms with van der Waals surface area (Å²) in [7, 11) is 3.59. The number of carbonyl (C=O) groups is 1. The smallest absolute Gasteiger partial charge is 0.240 e. The van der Waals surface area contributed by atoms with Crippen LogP contribution in [0.1, 0.15) is 27.2 Å². The van der Waals surface area contributed by atoms with Gasteiger partial charge < -0.3 is 15.5 Å². The highest BCUT2D eigenvalue weighted by molar-refractivity contribution is 14.0. The minimum atomic E-state index is -0.220. The van der Waals surface area contributed by atoms with Crippen molar-refractivity contribution in [2.75, 3.05) is 32.9 Å². The number of aromatic nitrogens is 1. The first-order chi connectivity index (χ1) is 10.8. The number of carbonyl (C=O) groups excluding carboxylic acids is 1. The Hall–Kier alpha value is -0.550. The zero-order valence-corrected chi connectivity index (χ0v) is 18.9. The number of likely N-dealkylation sites (N-methyl/N-ethyl adjacent to an activating group) is 1. The lowest BCUT2D eigenvalue weighted by Crippen LogP contribution is -2.48. The van der Waals surface area contributed by atoms with Crippen molar-refractivity contribution >= 4 is 58.9 Å². The van der Waals surface area contributed by atoms with Crippen molar-refractivity contribution in [2.24, 2.45) is 4.99 Å². The van der Waals surface area contributed by atoms with E-state index in [-0.39, 0.29) is 42.0 Å². The molecule has 1 amide bonds. The van der Waals surface area contributed by atoms with Gasteiger partial charge in [0.25, 0.3) is 0 Å². The van der Waals surface area contributed by atoms with Crippen molar-refractivity contribution in [3.63, 3.8) is 0 Å². The summed E-state index contributed by atoms with van der Waals surface area (Å²) in [6, 6.07) is 0. The van der Waals surface area contributed by atoms with E-state index < -0.39 is 0 Å². The summed E-state index contributed by atoms with van der Waals surface area (Å²) in [6.45, 7) is 7.01. The summed E-state index contributed by atoms with van der Waals surface area (Å²) in [6.07, 6.45) is 2.83. The van der Waals surface area contributed by atoms with Crippen molar-refractivity contribution < 1.29 is 4.79 Å². The summed E-state index contributed by atoms with van der Waals surface area (Å²) >= 11 is 3.42.